The van der Waals surface area contributed by atoms with Gasteiger partial charge >= 0.3 is 12.1 Å². The maximum absolute atomic E-state index is 12.2. The third-order valence-electron chi connectivity index (χ3n) is 1.92. The van der Waals surface area contributed by atoms with Crippen LogP contribution < -0.4 is 5.73 Å². The number of nitrogens with two attached hydrogens (primary N) is 1. The number of hydrogen-bond donors (Lipinski definition) is 1. The summed E-state index contributed by atoms with van der Waals surface area (Å²) in [7, 11) is 0. The minimum Gasteiger partial charge on any atom is -0.329 e. The highest BCUT2D eigenvalue weighted by Crippen LogP contribution is 2.29. The molecule has 0 bridgehead atoms. The predicted molar refractivity (Wildman–Crippen MR) is 52.2 cm³/mol. The lowest BCUT2D eigenvalue weighted by Gasteiger charge is -2.01. The Kier molecular flexibility index (Phi) is 2.87. The molecule has 0 aliphatic carbocycles. The molecule has 0 aromatic carbocycles. The van der Waals surface area contributed by atoms with Crippen LogP contribution in [0.2, 0.25) is 0 Å². The highest BCUT2D eigenvalue weighted by molar-refractivity contribution is 7.09. The standard InChI is InChI=1S/C8H7F3N4OS/c1-3-13-4(2-17-3)5(12)6-14-7(16-15-6)8(9,10)11/h2,5H,12H2,1H3. The number of hydrogen-bond acceptors (Lipinski definition) is 6. The van der Waals surface area contributed by atoms with Gasteiger partial charge in [-0.1, -0.05) is 5.16 Å². The third kappa shape index (κ3) is 2.44. The number of aromatic nitrogens is 3. The van der Waals surface area contributed by atoms with Gasteiger partial charge in [-0.2, -0.15) is 18.2 Å². The maximum Gasteiger partial charge on any atom is 0.471 e. The molecule has 0 aliphatic rings. The van der Waals surface area contributed by atoms with Gasteiger partial charge in [0.05, 0.1) is 10.7 Å². The van der Waals surface area contributed by atoms with Gasteiger partial charge in [-0.25, -0.2) is 4.98 Å². The lowest BCUT2D eigenvalue weighted by atomic mass is 10.2. The molecule has 2 heterocycles. The number of nitrogens with zero attached hydrogens (tertiary/aromatic N) is 3. The summed E-state index contributed by atoms with van der Waals surface area (Å²) in [5.74, 6) is -1.64. The van der Waals surface area contributed by atoms with Gasteiger partial charge in [-0.05, 0) is 6.92 Å². The third-order valence-corrected chi connectivity index (χ3v) is 2.71. The molecule has 0 radical (unpaired) electrons. The Labute approximate surface area is 97.5 Å². The van der Waals surface area contributed by atoms with Crippen molar-refractivity contribution < 1.29 is 17.7 Å². The van der Waals surface area contributed by atoms with E-state index in [4.69, 9.17) is 5.73 Å². The van der Waals surface area contributed by atoms with E-state index in [0.29, 0.717) is 5.69 Å². The molecule has 5 nitrogen and oxygen atoms in total. The van der Waals surface area contributed by atoms with Crippen molar-refractivity contribution in [3.63, 3.8) is 0 Å². The summed E-state index contributed by atoms with van der Waals surface area (Å²) in [5.41, 5.74) is 6.10. The Morgan fingerprint density at radius 3 is 2.59 bits per heavy atom. The van der Waals surface area contributed by atoms with Crippen LogP contribution in [0.1, 0.15) is 28.5 Å². The van der Waals surface area contributed by atoms with E-state index >= 15 is 0 Å². The first-order valence-corrected chi connectivity index (χ1v) is 5.34. The highest BCUT2D eigenvalue weighted by Gasteiger charge is 2.39. The minimum absolute atomic E-state index is 0.234. The molecule has 0 saturated carbocycles. The molecule has 2 rings (SSSR count). The zero-order valence-electron chi connectivity index (χ0n) is 8.52. The summed E-state index contributed by atoms with van der Waals surface area (Å²) >= 11 is 1.34. The van der Waals surface area contributed by atoms with Crippen LogP contribution in [0.5, 0.6) is 0 Å². The first-order chi connectivity index (χ1) is 7.88. The van der Waals surface area contributed by atoms with Crippen LogP contribution in [0.3, 0.4) is 0 Å². The van der Waals surface area contributed by atoms with E-state index < -0.39 is 18.1 Å². The van der Waals surface area contributed by atoms with Gasteiger partial charge in [0.25, 0.3) is 0 Å². The molecule has 1 unspecified atom stereocenters. The SMILES string of the molecule is Cc1nc(C(N)c2noc(C(F)(F)F)n2)cs1. The normalized spacial score (nSPS) is 13.9. The molecule has 0 spiro atoms. The monoisotopic (exact) mass is 264 g/mol. The number of rotatable bonds is 2. The van der Waals surface area contributed by atoms with E-state index in [1.54, 1.807) is 12.3 Å². The number of halogens is 3. The molecule has 2 aromatic rings. The molecule has 0 aliphatic heterocycles. The van der Waals surface area contributed by atoms with Gasteiger partial charge in [-0.15, -0.1) is 11.3 Å². The van der Waals surface area contributed by atoms with Crippen molar-refractivity contribution in [3.8, 4) is 0 Å². The zero-order valence-corrected chi connectivity index (χ0v) is 9.34. The fourth-order valence-electron chi connectivity index (χ4n) is 1.13. The summed E-state index contributed by atoms with van der Waals surface area (Å²) < 4.78 is 40.7. The maximum atomic E-state index is 12.2. The van der Waals surface area contributed by atoms with Crippen molar-refractivity contribution >= 4 is 11.3 Å². The van der Waals surface area contributed by atoms with Crippen LogP contribution in [-0.4, -0.2) is 15.1 Å². The molecule has 2 aromatic heterocycles. The molecule has 17 heavy (non-hydrogen) atoms. The lowest BCUT2D eigenvalue weighted by molar-refractivity contribution is -0.159. The van der Waals surface area contributed by atoms with Crippen LogP contribution >= 0.6 is 11.3 Å². The summed E-state index contributed by atoms with van der Waals surface area (Å²) in [6.45, 7) is 1.76. The highest BCUT2D eigenvalue weighted by atomic mass is 32.1. The summed E-state index contributed by atoms with van der Waals surface area (Å²) in [6, 6.07) is -0.917. The average Bonchev–Trinajstić information content (AvgIpc) is 2.83. The summed E-state index contributed by atoms with van der Waals surface area (Å²) in [4.78, 5) is 7.25. The predicted octanol–water partition coefficient (Wildman–Crippen LogP) is 1.90. The molecule has 9 heteroatoms. The Balaban J connectivity index is 2.26. The Hall–Kier alpha value is -1.48. The van der Waals surface area contributed by atoms with Gasteiger partial charge in [0.15, 0.2) is 5.82 Å². The van der Waals surface area contributed by atoms with Gasteiger partial charge in [0.2, 0.25) is 0 Å². The van der Waals surface area contributed by atoms with Gasteiger partial charge < -0.3 is 10.3 Å². The second-order valence-electron chi connectivity index (χ2n) is 3.22. The zero-order chi connectivity index (χ0) is 12.6. The summed E-state index contributed by atoms with van der Waals surface area (Å²) in [6.07, 6.45) is -4.66. The van der Waals surface area contributed by atoms with Gasteiger partial charge in [0, 0.05) is 5.38 Å². The number of thiazole rings is 1. The van der Waals surface area contributed by atoms with E-state index in [2.05, 4.69) is 19.6 Å². The fourth-order valence-corrected chi connectivity index (χ4v) is 1.78. The van der Waals surface area contributed by atoms with E-state index in [1.165, 1.54) is 11.3 Å². The molecular formula is C8H7F3N4OS. The second kappa shape index (κ2) is 4.08. The van der Waals surface area contributed by atoms with Crippen LogP contribution in [-0.2, 0) is 6.18 Å². The topological polar surface area (TPSA) is 77.8 Å². The van der Waals surface area contributed by atoms with Crippen molar-refractivity contribution in [3.05, 3.63) is 27.8 Å². The molecule has 0 saturated heterocycles. The number of aryl methyl sites for hydroxylation is 1. The molecule has 0 fully saturated rings. The van der Waals surface area contributed by atoms with Gasteiger partial charge in [-0.3, -0.25) is 0 Å². The first-order valence-electron chi connectivity index (χ1n) is 4.46. The lowest BCUT2D eigenvalue weighted by Crippen LogP contribution is -2.14. The largest absolute Gasteiger partial charge is 0.471 e. The molecule has 1 atom stereocenters. The Bertz CT molecular complexity index is 521. The van der Waals surface area contributed by atoms with Crippen molar-refractivity contribution in [2.75, 3.05) is 0 Å². The van der Waals surface area contributed by atoms with Crippen LogP contribution in [0, 0.1) is 6.92 Å². The van der Waals surface area contributed by atoms with Crippen molar-refractivity contribution in [2.24, 2.45) is 5.73 Å². The molecule has 2 N–H and O–H groups in total. The summed E-state index contributed by atoms with van der Waals surface area (Å²) in [5, 5.41) is 5.60. The van der Waals surface area contributed by atoms with Crippen molar-refractivity contribution in [1.29, 1.82) is 0 Å². The minimum atomic E-state index is -4.66. The second-order valence-corrected chi connectivity index (χ2v) is 4.29. The van der Waals surface area contributed by atoms with Gasteiger partial charge in [0.1, 0.15) is 6.04 Å². The first kappa shape index (κ1) is 12.0. The smallest absolute Gasteiger partial charge is 0.329 e. The van der Waals surface area contributed by atoms with Crippen molar-refractivity contribution in [2.45, 2.75) is 19.1 Å². The molecular weight excluding hydrogens is 257 g/mol. The quantitative estimate of drug-likeness (QED) is 0.896. The number of alkyl halides is 3. The molecule has 0 amide bonds. The molecule has 92 valence electrons. The fraction of sp³-hybridized carbons (Fsp3) is 0.375. The van der Waals surface area contributed by atoms with Crippen LogP contribution in [0.25, 0.3) is 0 Å². The van der Waals surface area contributed by atoms with Crippen LogP contribution in [0.4, 0.5) is 13.2 Å². The van der Waals surface area contributed by atoms with Crippen LogP contribution in [0.15, 0.2) is 9.90 Å². The van der Waals surface area contributed by atoms with E-state index in [0.717, 1.165) is 5.01 Å². The van der Waals surface area contributed by atoms with Crippen molar-refractivity contribution in [1.82, 2.24) is 15.1 Å². The average molecular weight is 264 g/mol. The Morgan fingerprint density at radius 1 is 1.41 bits per heavy atom. The Morgan fingerprint density at radius 2 is 2.12 bits per heavy atom. The van der Waals surface area contributed by atoms with E-state index in [1.807, 2.05) is 0 Å². The van der Waals surface area contributed by atoms with E-state index in [-0.39, 0.29) is 5.82 Å². The van der Waals surface area contributed by atoms with E-state index in [9.17, 15) is 13.2 Å².